The van der Waals surface area contributed by atoms with Crippen LogP contribution < -0.4 is 15.5 Å². The van der Waals surface area contributed by atoms with E-state index in [0.717, 1.165) is 25.9 Å². The fourth-order valence-corrected chi connectivity index (χ4v) is 2.47. The van der Waals surface area contributed by atoms with E-state index in [9.17, 15) is 9.18 Å². The monoisotopic (exact) mass is 315 g/mol. The van der Waals surface area contributed by atoms with Crippen molar-refractivity contribution in [2.75, 3.05) is 28.6 Å². The van der Waals surface area contributed by atoms with Gasteiger partial charge >= 0.3 is 6.03 Å². The van der Waals surface area contributed by atoms with Gasteiger partial charge in [0.1, 0.15) is 5.82 Å². The quantitative estimate of drug-likeness (QED) is 0.912. The third kappa shape index (κ3) is 4.15. The maximum atomic E-state index is 12.8. The Balaban J connectivity index is 1.57. The van der Waals surface area contributed by atoms with Gasteiger partial charge in [0.2, 0.25) is 5.95 Å². The molecular weight excluding hydrogens is 297 g/mol. The highest BCUT2D eigenvalue weighted by atomic mass is 19.1. The summed E-state index contributed by atoms with van der Waals surface area (Å²) in [7, 11) is 0. The van der Waals surface area contributed by atoms with Crippen LogP contribution in [-0.2, 0) is 0 Å². The zero-order valence-electron chi connectivity index (χ0n) is 12.6. The van der Waals surface area contributed by atoms with Gasteiger partial charge in [-0.3, -0.25) is 0 Å². The SMILES string of the molecule is O=C(Nc1ccc(F)cc1)Nc1cnc(N2CCCCC2)nc1. The Hall–Kier alpha value is -2.70. The van der Waals surface area contributed by atoms with Crippen LogP contribution in [0.5, 0.6) is 0 Å². The maximum absolute atomic E-state index is 12.8. The van der Waals surface area contributed by atoms with Crippen LogP contribution in [0.4, 0.5) is 26.5 Å². The number of carbonyl (C=O) groups excluding carboxylic acids is 1. The van der Waals surface area contributed by atoms with Crippen LogP contribution in [0, 0.1) is 5.82 Å². The Labute approximate surface area is 133 Å². The van der Waals surface area contributed by atoms with Crippen molar-refractivity contribution in [3.63, 3.8) is 0 Å². The van der Waals surface area contributed by atoms with Gasteiger partial charge in [-0.15, -0.1) is 0 Å². The van der Waals surface area contributed by atoms with Crippen LogP contribution in [0.2, 0.25) is 0 Å². The van der Waals surface area contributed by atoms with E-state index in [2.05, 4.69) is 25.5 Å². The molecule has 0 bridgehead atoms. The third-order valence-corrected chi connectivity index (χ3v) is 3.64. The first kappa shape index (κ1) is 15.2. The second-order valence-corrected chi connectivity index (χ2v) is 5.41. The number of nitrogens with zero attached hydrogens (tertiary/aromatic N) is 3. The first-order valence-corrected chi connectivity index (χ1v) is 7.61. The third-order valence-electron chi connectivity index (χ3n) is 3.64. The average molecular weight is 315 g/mol. The molecule has 1 saturated heterocycles. The molecule has 0 aliphatic carbocycles. The lowest BCUT2D eigenvalue weighted by molar-refractivity contribution is 0.262. The molecule has 1 aromatic heterocycles. The second-order valence-electron chi connectivity index (χ2n) is 5.41. The molecule has 3 rings (SSSR count). The molecule has 1 aromatic carbocycles. The van der Waals surface area contributed by atoms with Crippen LogP contribution in [0.25, 0.3) is 0 Å². The molecule has 23 heavy (non-hydrogen) atoms. The number of anilines is 3. The molecule has 6 nitrogen and oxygen atoms in total. The summed E-state index contributed by atoms with van der Waals surface area (Å²) >= 11 is 0. The van der Waals surface area contributed by atoms with E-state index >= 15 is 0 Å². The molecule has 2 N–H and O–H groups in total. The Morgan fingerprint density at radius 2 is 1.57 bits per heavy atom. The van der Waals surface area contributed by atoms with Gasteiger partial charge in [0.25, 0.3) is 0 Å². The lowest BCUT2D eigenvalue weighted by Gasteiger charge is -2.26. The average Bonchev–Trinajstić information content (AvgIpc) is 2.58. The summed E-state index contributed by atoms with van der Waals surface area (Å²) in [4.78, 5) is 22.6. The maximum Gasteiger partial charge on any atom is 0.323 e. The van der Waals surface area contributed by atoms with Gasteiger partial charge < -0.3 is 15.5 Å². The van der Waals surface area contributed by atoms with Crippen molar-refractivity contribution in [2.24, 2.45) is 0 Å². The highest BCUT2D eigenvalue weighted by molar-refractivity contribution is 5.99. The summed E-state index contributed by atoms with van der Waals surface area (Å²) in [6, 6.07) is 5.12. The minimum absolute atomic E-state index is 0.349. The predicted molar refractivity (Wildman–Crippen MR) is 87.1 cm³/mol. The molecule has 0 atom stereocenters. The lowest BCUT2D eigenvalue weighted by Crippen LogP contribution is -2.31. The minimum Gasteiger partial charge on any atom is -0.341 e. The number of benzene rings is 1. The number of urea groups is 1. The van der Waals surface area contributed by atoms with Crippen molar-refractivity contribution in [1.82, 2.24) is 9.97 Å². The fourth-order valence-electron chi connectivity index (χ4n) is 2.47. The standard InChI is InChI=1S/C16H18FN5O/c17-12-4-6-13(7-5-12)20-16(23)21-14-10-18-15(19-11-14)22-8-2-1-3-9-22/h4-7,10-11H,1-3,8-9H2,(H2,20,21,23). The van der Waals surface area contributed by atoms with Crippen LogP contribution in [0.3, 0.4) is 0 Å². The van der Waals surface area contributed by atoms with Gasteiger partial charge in [-0.2, -0.15) is 0 Å². The molecule has 2 heterocycles. The van der Waals surface area contributed by atoms with Gasteiger partial charge in [0.05, 0.1) is 18.1 Å². The van der Waals surface area contributed by atoms with Crippen LogP contribution in [0.15, 0.2) is 36.7 Å². The molecule has 7 heteroatoms. The van der Waals surface area contributed by atoms with Crippen molar-refractivity contribution >= 4 is 23.4 Å². The van der Waals surface area contributed by atoms with E-state index in [1.165, 1.54) is 30.7 Å². The fraction of sp³-hybridized carbons (Fsp3) is 0.312. The number of hydrogen-bond acceptors (Lipinski definition) is 4. The number of carbonyl (C=O) groups is 1. The van der Waals surface area contributed by atoms with Crippen molar-refractivity contribution < 1.29 is 9.18 Å². The number of hydrogen-bond donors (Lipinski definition) is 2. The molecule has 0 saturated carbocycles. The van der Waals surface area contributed by atoms with Crippen LogP contribution >= 0.6 is 0 Å². The number of halogens is 1. The van der Waals surface area contributed by atoms with Gasteiger partial charge in [-0.1, -0.05) is 0 Å². The van der Waals surface area contributed by atoms with Crippen molar-refractivity contribution in [1.29, 1.82) is 0 Å². The minimum atomic E-state index is -0.425. The Kier molecular flexibility index (Phi) is 4.65. The second kappa shape index (κ2) is 7.04. The largest absolute Gasteiger partial charge is 0.341 e. The first-order valence-electron chi connectivity index (χ1n) is 7.61. The van der Waals surface area contributed by atoms with E-state index in [-0.39, 0.29) is 5.82 Å². The van der Waals surface area contributed by atoms with Crippen LogP contribution in [-0.4, -0.2) is 29.1 Å². The molecule has 1 aliphatic heterocycles. The van der Waals surface area contributed by atoms with Crippen molar-refractivity contribution in [3.05, 3.63) is 42.5 Å². The highest BCUT2D eigenvalue weighted by Gasteiger charge is 2.13. The molecule has 0 spiro atoms. The van der Waals surface area contributed by atoms with Gasteiger partial charge in [0, 0.05) is 18.8 Å². The molecule has 2 aromatic rings. The number of aromatic nitrogens is 2. The van der Waals surface area contributed by atoms with E-state index in [0.29, 0.717) is 17.3 Å². The number of rotatable bonds is 3. The van der Waals surface area contributed by atoms with Crippen molar-refractivity contribution in [3.8, 4) is 0 Å². The number of amides is 2. The Morgan fingerprint density at radius 3 is 2.22 bits per heavy atom. The normalized spacial score (nSPS) is 14.4. The summed E-state index contributed by atoms with van der Waals surface area (Å²) in [6.45, 7) is 1.94. The van der Waals surface area contributed by atoms with E-state index in [4.69, 9.17) is 0 Å². The molecule has 2 amide bonds. The zero-order valence-corrected chi connectivity index (χ0v) is 12.6. The Morgan fingerprint density at radius 1 is 0.957 bits per heavy atom. The van der Waals surface area contributed by atoms with E-state index < -0.39 is 6.03 Å². The lowest BCUT2D eigenvalue weighted by atomic mass is 10.1. The summed E-state index contributed by atoms with van der Waals surface area (Å²) in [5.74, 6) is 0.340. The molecular formula is C16H18FN5O. The summed E-state index contributed by atoms with van der Waals surface area (Å²) in [6.07, 6.45) is 6.73. The number of piperidine rings is 1. The topological polar surface area (TPSA) is 70.2 Å². The highest BCUT2D eigenvalue weighted by Crippen LogP contribution is 2.16. The van der Waals surface area contributed by atoms with E-state index in [1.54, 1.807) is 12.4 Å². The molecule has 120 valence electrons. The summed E-state index contributed by atoms with van der Waals surface area (Å²) in [5, 5.41) is 5.26. The van der Waals surface area contributed by atoms with E-state index in [1.807, 2.05) is 0 Å². The number of nitrogens with one attached hydrogen (secondary N) is 2. The molecule has 1 aliphatic rings. The smallest absolute Gasteiger partial charge is 0.323 e. The molecule has 0 unspecified atom stereocenters. The predicted octanol–water partition coefficient (Wildman–Crippen LogP) is 3.25. The van der Waals surface area contributed by atoms with Gasteiger partial charge in [-0.05, 0) is 43.5 Å². The molecule has 0 radical (unpaired) electrons. The Bertz CT molecular complexity index is 653. The summed E-state index contributed by atoms with van der Waals surface area (Å²) < 4.78 is 12.8. The van der Waals surface area contributed by atoms with Gasteiger partial charge in [0.15, 0.2) is 0 Å². The summed E-state index contributed by atoms with van der Waals surface area (Å²) in [5.41, 5.74) is 1.01. The van der Waals surface area contributed by atoms with Crippen LogP contribution in [0.1, 0.15) is 19.3 Å². The molecule has 1 fully saturated rings. The van der Waals surface area contributed by atoms with Gasteiger partial charge in [-0.25, -0.2) is 19.2 Å². The zero-order chi connectivity index (χ0) is 16.1. The van der Waals surface area contributed by atoms with Crippen molar-refractivity contribution in [2.45, 2.75) is 19.3 Å². The first-order chi connectivity index (χ1) is 11.2.